The number of aryl methyl sites for hydroxylation is 2. The first-order valence-corrected chi connectivity index (χ1v) is 11.6. The lowest BCUT2D eigenvalue weighted by Crippen LogP contribution is -2.49. The zero-order valence-corrected chi connectivity index (χ0v) is 19.3. The van der Waals surface area contributed by atoms with E-state index >= 15 is 0 Å². The normalized spacial score (nSPS) is 23.5. The van der Waals surface area contributed by atoms with Crippen molar-refractivity contribution in [1.82, 2.24) is 29.4 Å². The van der Waals surface area contributed by atoms with E-state index in [2.05, 4.69) is 20.1 Å². The van der Waals surface area contributed by atoms with Crippen LogP contribution in [-0.4, -0.2) is 65.3 Å². The zero-order valence-electron chi connectivity index (χ0n) is 19.3. The number of hydrogen-bond acceptors (Lipinski definition) is 8. The molecule has 3 aromatic rings. The Hall–Kier alpha value is -2.89. The van der Waals surface area contributed by atoms with Gasteiger partial charge < -0.3 is 14.4 Å². The van der Waals surface area contributed by atoms with Gasteiger partial charge >= 0.3 is 5.69 Å². The lowest BCUT2D eigenvalue weighted by Gasteiger charge is -2.39. The largest absolute Gasteiger partial charge is 0.390 e. The van der Waals surface area contributed by atoms with Crippen molar-refractivity contribution in [2.45, 2.75) is 77.0 Å². The van der Waals surface area contributed by atoms with Crippen molar-refractivity contribution in [3.05, 3.63) is 57.8 Å². The molecular weight excluding hydrogens is 443 g/mol. The summed E-state index contributed by atoms with van der Waals surface area (Å²) in [5.74, 6) is 0.665. The van der Waals surface area contributed by atoms with Crippen molar-refractivity contribution in [2.75, 3.05) is 6.54 Å². The Morgan fingerprint density at radius 2 is 2.00 bits per heavy atom. The van der Waals surface area contributed by atoms with E-state index in [1.165, 1.54) is 21.4 Å². The molecular formula is C23H29FN6O4. The minimum Gasteiger partial charge on any atom is -0.390 e. The fraction of sp³-hybridized carbons (Fsp3) is 0.565. The molecule has 2 saturated heterocycles. The number of fused-ring (bicyclic) bond motifs is 2. The highest BCUT2D eigenvalue weighted by atomic mass is 19.1. The minimum absolute atomic E-state index is 0.0823. The van der Waals surface area contributed by atoms with Gasteiger partial charge in [0.15, 0.2) is 0 Å². The number of benzene rings is 1. The molecule has 5 rings (SSSR count). The number of aliphatic hydroxyl groups is 1. The second-order valence-corrected chi connectivity index (χ2v) is 9.23. The SMILES string of the molecule is Cc1nc(-n2c(C)nn(CC(O)CN3C4CCC3CC(OCc3cccc(F)c3)C4)c2=O)no1. The zero-order chi connectivity index (χ0) is 23.8. The van der Waals surface area contributed by atoms with Gasteiger partial charge in [0.25, 0.3) is 5.95 Å². The molecule has 0 spiro atoms. The molecule has 0 radical (unpaired) electrons. The summed E-state index contributed by atoms with van der Waals surface area (Å²) in [5, 5.41) is 18.9. The van der Waals surface area contributed by atoms with Gasteiger partial charge in [-0.1, -0.05) is 12.1 Å². The summed E-state index contributed by atoms with van der Waals surface area (Å²) in [6, 6.07) is 7.15. The van der Waals surface area contributed by atoms with Gasteiger partial charge in [0, 0.05) is 25.6 Å². The summed E-state index contributed by atoms with van der Waals surface area (Å²) < 4.78 is 27.0. The van der Waals surface area contributed by atoms with Crippen LogP contribution >= 0.6 is 0 Å². The highest BCUT2D eigenvalue weighted by molar-refractivity contribution is 5.15. The number of halogens is 1. The van der Waals surface area contributed by atoms with Gasteiger partial charge in [0.1, 0.15) is 11.6 Å². The highest BCUT2D eigenvalue weighted by Gasteiger charge is 2.41. The summed E-state index contributed by atoms with van der Waals surface area (Å²) in [5.41, 5.74) is 0.422. The van der Waals surface area contributed by atoms with Crippen LogP contribution in [0.1, 0.15) is 43.0 Å². The Bertz CT molecular complexity index is 1190. The number of aromatic nitrogens is 5. The van der Waals surface area contributed by atoms with Gasteiger partial charge in [-0.2, -0.15) is 10.1 Å². The molecule has 1 aromatic carbocycles. The monoisotopic (exact) mass is 472 g/mol. The lowest BCUT2D eigenvalue weighted by molar-refractivity contribution is -0.0403. The van der Waals surface area contributed by atoms with Crippen LogP contribution in [0.3, 0.4) is 0 Å². The summed E-state index contributed by atoms with van der Waals surface area (Å²) >= 11 is 0. The Morgan fingerprint density at radius 1 is 1.24 bits per heavy atom. The maximum atomic E-state index is 13.4. The van der Waals surface area contributed by atoms with E-state index in [9.17, 15) is 14.3 Å². The predicted molar refractivity (Wildman–Crippen MR) is 119 cm³/mol. The average molecular weight is 473 g/mol. The van der Waals surface area contributed by atoms with Gasteiger partial charge in [-0.05, 0) is 55.5 Å². The molecule has 2 aromatic heterocycles. The molecule has 182 valence electrons. The summed E-state index contributed by atoms with van der Waals surface area (Å²) in [4.78, 5) is 19.2. The third-order valence-electron chi connectivity index (χ3n) is 6.74. The van der Waals surface area contributed by atoms with E-state index < -0.39 is 11.8 Å². The van der Waals surface area contributed by atoms with Crippen LogP contribution in [0, 0.1) is 19.7 Å². The Kier molecular flexibility index (Phi) is 6.32. The molecule has 34 heavy (non-hydrogen) atoms. The van der Waals surface area contributed by atoms with E-state index in [4.69, 9.17) is 9.26 Å². The van der Waals surface area contributed by atoms with Crippen LogP contribution < -0.4 is 5.69 Å². The molecule has 0 amide bonds. The van der Waals surface area contributed by atoms with Crippen LogP contribution in [0.15, 0.2) is 33.6 Å². The quantitative estimate of drug-likeness (QED) is 0.528. The Morgan fingerprint density at radius 3 is 2.68 bits per heavy atom. The predicted octanol–water partition coefficient (Wildman–Crippen LogP) is 1.75. The van der Waals surface area contributed by atoms with Crippen LogP contribution in [0.2, 0.25) is 0 Å². The van der Waals surface area contributed by atoms with Crippen LogP contribution in [0.5, 0.6) is 0 Å². The fourth-order valence-corrected chi connectivity index (χ4v) is 5.24. The first-order chi connectivity index (χ1) is 16.4. The molecule has 3 unspecified atom stereocenters. The lowest BCUT2D eigenvalue weighted by atomic mass is 9.99. The first kappa shape index (κ1) is 22.9. The molecule has 2 aliphatic heterocycles. The van der Waals surface area contributed by atoms with E-state index in [0.29, 0.717) is 37.0 Å². The molecule has 0 saturated carbocycles. The van der Waals surface area contributed by atoms with E-state index in [1.54, 1.807) is 19.9 Å². The Balaban J connectivity index is 1.18. The number of aliphatic hydroxyl groups excluding tert-OH is 1. The second kappa shape index (κ2) is 9.40. The topological polar surface area (TPSA) is 111 Å². The number of rotatable bonds is 8. The molecule has 3 atom stereocenters. The maximum Gasteiger partial charge on any atom is 0.353 e. The molecule has 1 N–H and O–H groups in total. The second-order valence-electron chi connectivity index (χ2n) is 9.23. The molecule has 2 aliphatic rings. The van der Waals surface area contributed by atoms with Gasteiger partial charge in [-0.15, -0.1) is 0 Å². The van der Waals surface area contributed by atoms with Crippen molar-refractivity contribution in [2.24, 2.45) is 0 Å². The van der Waals surface area contributed by atoms with Crippen LogP contribution in [0.4, 0.5) is 4.39 Å². The van der Waals surface area contributed by atoms with E-state index in [1.807, 2.05) is 6.07 Å². The third-order valence-corrected chi connectivity index (χ3v) is 6.74. The van der Waals surface area contributed by atoms with E-state index in [-0.39, 0.29) is 24.4 Å². The molecule has 0 aliphatic carbocycles. The maximum absolute atomic E-state index is 13.4. The van der Waals surface area contributed by atoms with Crippen molar-refractivity contribution in [3.8, 4) is 5.95 Å². The highest BCUT2D eigenvalue weighted by Crippen LogP contribution is 2.37. The van der Waals surface area contributed by atoms with Crippen molar-refractivity contribution in [3.63, 3.8) is 0 Å². The van der Waals surface area contributed by atoms with Crippen LogP contribution in [0.25, 0.3) is 5.95 Å². The molecule has 4 heterocycles. The smallest absolute Gasteiger partial charge is 0.353 e. The molecule has 10 nitrogen and oxygen atoms in total. The van der Waals surface area contributed by atoms with Gasteiger partial charge in [0.2, 0.25) is 5.89 Å². The summed E-state index contributed by atoms with van der Waals surface area (Å²) in [6.45, 7) is 4.28. The molecule has 11 heteroatoms. The summed E-state index contributed by atoms with van der Waals surface area (Å²) in [6.07, 6.45) is 3.24. The number of hydrogen-bond donors (Lipinski definition) is 1. The summed E-state index contributed by atoms with van der Waals surface area (Å²) in [7, 11) is 0. The first-order valence-electron chi connectivity index (χ1n) is 11.6. The third kappa shape index (κ3) is 4.68. The van der Waals surface area contributed by atoms with E-state index in [0.717, 1.165) is 31.2 Å². The van der Waals surface area contributed by atoms with Crippen molar-refractivity contribution in [1.29, 1.82) is 0 Å². The number of piperidine rings is 1. The average Bonchev–Trinajstić information content (AvgIpc) is 3.39. The standard InChI is InChI=1S/C23H29FN6O4/c1-14-26-29(23(32)30(14)22-25-15(2)34-27-22)12-20(31)11-28-18-6-7-19(28)10-21(9-18)33-13-16-4-3-5-17(24)8-16/h3-5,8,18-21,31H,6-7,9-13H2,1-2H3. The van der Waals surface area contributed by atoms with Crippen molar-refractivity contribution >= 4 is 0 Å². The van der Waals surface area contributed by atoms with Gasteiger partial charge in [0.05, 0.1) is 25.4 Å². The van der Waals surface area contributed by atoms with Crippen LogP contribution in [-0.2, 0) is 17.9 Å². The fourth-order valence-electron chi connectivity index (χ4n) is 5.24. The number of nitrogens with zero attached hydrogens (tertiary/aromatic N) is 6. The van der Waals surface area contributed by atoms with Crippen molar-refractivity contribution < 1.29 is 18.8 Å². The molecule has 2 bridgehead atoms. The molecule has 2 fully saturated rings. The van der Waals surface area contributed by atoms with Gasteiger partial charge in [-0.3, -0.25) is 4.90 Å². The Labute approximate surface area is 195 Å². The number of ether oxygens (including phenoxy) is 1. The minimum atomic E-state index is -0.750. The van der Waals surface area contributed by atoms with Gasteiger partial charge in [-0.25, -0.2) is 18.4 Å².